The number of para-hydroxylation sites is 1. The predicted octanol–water partition coefficient (Wildman–Crippen LogP) is 1.67. The van der Waals surface area contributed by atoms with Gasteiger partial charge >= 0.3 is 5.97 Å². The number of carbonyl (C=O) groups is 2. The number of benzene rings is 1. The normalized spacial score (nSPS) is 10.0. The van der Waals surface area contributed by atoms with E-state index < -0.39 is 17.6 Å². The summed E-state index contributed by atoms with van der Waals surface area (Å²) in [5, 5.41) is 21.0. The standard InChI is InChI=1S/C12H10N2O4/c15-10-7(12(17)18)3-1-4-8(10)14-11(16)9-5-2-6-13-9/h1-6,13,15H,(H,14,16)(H,17,18). The number of rotatable bonds is 3. The van der Waals surface area contributed by atoms with Gasteiger partial charge in [0.05, 0.1) is 5.69 Å². The first kappa shape index (κ1) is 11.7. The summed E-state index contributed by atoms with van der Waals surface area (Å²) < 4.78 is 0. The van der Waals surface area contributed by atoms with E-state index in [0.717, 1.165) is 0 Å². The molecule has 92 valence electrons. The van der Waals surface area contributed by atoms with Gasteiger partial charge in [-0.1, -0.05) is 6.07 Å². The summed E-state index contributed by atoms with van der Waals surface area (Å²) in [6.07, 6.45) is 1.59. The summed E-state index contributed by atoms with van der Waals surface area (Å²) in [6.45, 7) is 0. The maximum atomic E-state index is 11.7. The highest BCUT2D eigenvalue weighted by Crippen LogP contribution is 2.27. The lowest BCUT2D eigenvalue weighted by Crippen LogP contribution is -2.13. The van der Waals surface area contributed by atoms with Crippen molar-refractivity contribution >= 4 is 17.6 Å². The molecule has 18 heavy (non-hydrogen) atoms. The predicted molar refractivity (Wildman–Crippen MR) is 63.8 cm³/mol. The van der Waals surface area contributed by atoms with E-state index in [1.54, 1.807) is 18.3 Å². The zero-order chi connectivity index (χ0) is 13.1. The number of carboxylic acids is 1. The Hall–Kier alpha value is -2.76. The smallest absolute Gasteiger partial charge is 0.339 e. The zero-order valence-electron chi connectivity index (χ0n) is 9.18. The molecule has 2 rings (SSSR count). The zero-order valence-corrected chi connectivity index (χ0v) is 9.18. The lowest BCUT2D eigenvalue weighted by Gasteiger charge is -2.08. The van der Waals surface area contributed by atoms with Crippen molar-refractivity contribution < 1.29 is 19.8 Å². The number of carbonyl (C=O) groups excluding carboxylic acids is 1. The molecule has 0 bridgehead atoms. The molecular weight excluding hydrogens is 236 g/mol. The van der Waals surface area contributed by atoms with E-state index in [0.29, 0.717) is 5.69 Å². The number of aromatic amines is 1. The summed E-state index contributed by atoms with van der Waals surface area (Å²) in [6, 6.07) is 7.33. The van der Waals surface area contributed by atoms with Crippen LogP contribution in [-0.4, -0.2) is 27.1 Å². The Balaban J connectivity index is 2.27. The second kappa shape index (κ2) is 4.62. The quantitative estimate of drug-likeness (QED) is 0.618. The molecule has 0 fully saturated rings. The van der Waals surface area contributed by atoms with Crippen molar-refractivity contribution in [1.82, 2.24) is 4.98 Å². The number of aromatic carboxylic acids is 1. The van der Waals surface area contributed by atoms with Gasteiger partial charge < -0.3 is 20.5 Å². The number of aromatic nitrogens is 1. The number of hydrogen-bond donors (Lipinski definition) is 4. The van der Waals surface area contributed by atoms with Crippen molar-refractivity contribution in [3.63, 3.8) is 0 Å². The molecular formula is C12H10N2O4. The Morgan fingerprint density at radius 2 is 1.94 bits per heavy atom. The van der Waals surface area contributed by atoms with Crippen molar-refractivity contribution in [3.05, 3.63) is 47.8 Å². The third-order valence-corrected chi connectivity index (χ3v) is 2.36. The summed E-state index contributed by atoms with van der Waals surface area (Å²) in [5.41, 5.74) is 0.101. The molecule has 4 N–H and O–H groups in total. The summed E-state index contributed by atoms with van der Waals surface area (Å²) in [7, 11) is 0. The topological polar surface area (TPSA) is 102 Å². The Bertz CT molecular complexity index is 590. The average Bonchev–Trinajstić information content (AvgIpc) is 2.85. The molecule has 0 aliphatic carbocycles. The van der Waals surface area contributed by atoms with Crippen LogP contribution in [0.15, 0.2) is 36.5 Å². The van der Waals surface area contributed by atoms with Crippen molar-refractivity contribution in [2.75, 3.05) is 5.32 Å². The third kappa shape index (κ3) is 2.17. The van der Waals surface area contributed by atoms with Gasteiger partial charge in [-0.15, -0.1) is 0 Å². The Kier molecular flexibility index (Phi) is 3.01. The number of nitrogens with one attached hydrogen (secondary N) is 2. The highest BCUT2D eigenvalue weighted by molar-refractivity contribution is 6.05. The second-order valence-corrected chi connectivity index (χ2v) is 3.54. The van der Waals surface area contributed by atoms with Gasteiger partial charge in [0.25, 0.3) is 5.91 Å². The second-order valence-electron chi connectivity index (χ2n) is 3.54. The Morgan fingerprint density at radius 1 is 1.17 bits per heavy atom. The van der Waals surface area contributed by atoms with Gasteiger partial charge in [0.15, 0.2) is 5.75 Å². The molecule has 0 spiro atoms. The van der Waals surface area contributed by atoms with Gasteiger partial charge in [-0.05, 0) is 24.3 Å². The Labute approximate surface area is 102 Å². The van der Waals surface area contributed by atoms with Crippen LogP contribution in [-0.2, 0) is 0 Å². The van der Waals surface area contributed by atoms with E-state index in [-0.39, 0.29) is 11.3 Å². The van der Waals surface area contributed by atoms with Crippen molar-refractivity contribution in [1.29, 1.82) is 0 Å². The van der Waals surface area contributed by atoms with E-state index in [4.69, 9.17) is 5.11 Å². The van der Waals surface area contributed by atoms with E-state index >= 15 is 0 Å². The average molecular weight is 246 g/mol. The lowest BCUT2D eigenvalue weighted by atomic mass is 10.1. The minimum absolute atomic E-state index is 0.0505. The minimum atomic E-state index is -1.26. The fourth-order valence-corrected chi connectivity index (χ4v) is 1.48. The van der Waals surface area contributed by atoms with E-state index in [1.807, 2.05) is 0 Å². The molecule has 6 nitrogen and oxygen atoms in total. The lowest BCUT2D eigenvalue weighted by molar-refractivity contribution is 0.0693. The molecule has 1 amide bonds. The number of phenols is 1. The third-order valence-electron chi connectivity index (χ3n) is 2.36. The SMILES string of the molecule is O=C(Nc1cccc(C(=O)O)c1O)c1ccc[nH]1. The van der Waals surface area contributed by atoms with Gasteiger partial charge in [-0.25, -0.2) is 4.79 Å². The van der Waals surface area contributed by atoms with Crippen LogP contribution in [0.3, 0.4) is 0 Å². The van der Waals surface area contributed by atoms with Crippen LogP contribution in [0.1, 0.15) is 20.8 Å². The first-order chi connectivity index (χ1) is 8.59. The first-order valence-corrected chi connectivity index (χ1v) is 5.09. The maximum Gasteiger partial charge on any atom is 0.339 e. The van der Waals surface area contributed by atoms with Gasteiger partial charge in [0.2, 0.25) is 0 Å². The number of hydrogen-bond acceptors (Lipinski definition) is 3. The molecule has 0 radical (unpaired) electrons. The number of H-pyrrole nitrogens is 1. The molecule has 0 unspecified atom stereocenters. The monoisotopic (exact) mass is 246 g/mol. The van der Waals surface area contributed by atoms with Crippen molar-refractivity contribution in [2.45, 2.75) is 0 Å². The first-order valence-electron chi connectivity index (χ1n) is 5.09. The van der Waals surface area contributed by atoms with Crippen LogP contribution in [0, 0.1) is 0 Å². The molecule has 1 aromatic carbocycles. The Morgan fingerprint density at radius 3 is 2.56 bits per heavy atom. The highest BCUT2D eigenvalue weighted by Gasteiger charge is 2.15. The molecule has 0 saturated carbocycles. The van der Waals surface area contributed by atoms with E-state index in [9.17, 15) is 14.7 Å². The fourth-order valence-electron chi connectivity index (χ4n) is 1.48. The van der Waals surface area contributed by atoms with Gasteiger partial charge in [0.1, 0.15) is 11.3 Å². The van der Waals surface area contributed by atoms with Crippen LogP contribution in [0.5, 0.6) is 5.75 Å². The molecule has 0 saturated heterocycles. The molecule has 0 aliphatic rings. The van der Waals surface area contributed by atoms with Gasteiger partial charge in [0, 0.05) is 6.20 Å². The van der Waals surface area contributed by atoms with E-state index in [2.05, 4.69) is 10.3 Å². The summed E-state index contributed by atoms with van der Waals surface area (Å²) in [4.78, 5) is 25.2. The van der Waals surface area contributed by atoms with Crippen molar-refractivity contribution in [3.8, 4) is 5.75 Å². The molecule has 0 aliphatic heterocycles. The molecule has 2 aromatic rings. The van der Waals surface area contributed by atoms with Crippen LogP contribution >= 0.6 is 0 Å². The fraction of sp³-hybridized carbons (Fsp3) is 0. The summed E-state index contributed by atoms with van der Waals surface area (Å²) in [5.74, 6) is -2.19. The van der Waals surface area contributed by atoms with Crippen LogP contribution in [0.2, 0.25) is 0 Å². The van der Waals surface area contributed by atoms with Gasteiger partial charge in [-0.3, -0.25) is 4.79 Å². The number of aromatic hydroxyl groups is 1. The molecule has 0 atom stereocenters. The molecule has 6 heteroatoms. The largest absolute Gasteiger partial charge is 0.505 e. The number of carboxylic acid groups (broad SMARTS) is 1. The molecule has 1 heterocycles. The van der Waals surface area contributed by atoms with E-state index in [1.165, 1.54) is 18.2 Å². The highest BCUT2D eigenvalue weighted by atomic mass is 16.4. The number of amides is 1. The van der Waals surface area contributed by atoms with Crippen molar-refractivity contribution in [2.24, 2.45) is 0 Å². The minimum Gasteiger partial charge on any atom is -0.505 e. The maximum absolute atomic E-state index is 11.7. The molecule has 1 aromatic heterocycles. The summed E-state index contributed by atoms with van der Waals surface area (Å²) >= 11 is 0. The number of anilines is 1. The van der Waals surface area contributed by atoms with Gasteiger partial charge in [-0.2, -0.15) is 0 Å². The van der Waals surface area contributed by atoms with Crippen LogP contribution in [0.25, 0.3) is 0 Å². The van der Waals surface area contributed by atoms with Crippen LogP contribution in [0.4, 0.5) is 5.69 Å². The van der Waals surface area contributed by atoms with Crippen LogP contribution < -0.4 is 5.32 Å².